The summed E-state index contributed by atoms with van der Waals surface area (Å²) in [6, 6.07) is 0. The monoisotopic (exact) mass is 127 g/mol. The lowest BCUT2D eigenvalue weighted by molar-refractivity contribution is 0.475. The maximum absolute atomic E-state index is 12.4. The Hall–Kier alpha value is -0.930. The number of aromatic nitrogens is 3. The first-order chi connectivity index (χ1) is 4.38. The summed E-state index contributed by atoms with van der Waals surface area (Å²) >= 11 is 0. The van der Waals surface area contributed by atoms with Crippen LogP contribution in [0.1, 0.15) is 12.2 Å². The summed E-state index contributed by atoms with van der Waals surface area (Å²) in [5, 5.41) is 6.92. The van der Waals surface area contributed by atoms with Crippen LogP contribution in [0.4, 0.5) is 4.39 Å². The van der Waals surface area contributed by atoms with Crippen molar-refractivity contribution in [2.24, 2.45) is 0 Å². The van der Waals surface area contributed by atoms with Crippen molar-refractivity contribution in [3.05, 3.63) is 11.9 Å². The standard InChI is InChI=1S/C5H6FN3/c6-5-8-7-4-2-1-3-9(4)5/h1-3H2. The van der Waals surface area contributed by atoms with Crippen LogP contribution < -0.4 is 0 Å². The van der Waals surface area contributed by atoms with E-state index in [1.54, 1.807) is 0 Å². The lowest BCUT2D eigenvalue weighted by atomic mass is 10.4. The SMILES string of the molecule is Fc1nnc2n1CCC2. The molecule has 0 atom stereocenters. The van der Waals surface area contributed by atoms with Crippen molar-refractivity contribution in [3.8, 4) is 0 Å². The molecule has 0 bridgehead atoms. The van der Waals surface area contributed by atoms with Crippen LogP contribution >= 0.6 is 0 Å². The maximum atomic E-state index is 12.4. The normalized spacial score (nSPS) is 16.1. The topological polar surface area (TPSA) is 30.7 Å². The van der Waals surface area contributed by atoms with Crippen molar-refractivity contribution >= 4 is 0 Å². The Labute approximate surface area is 51.5 Å². The summed E-state index contributed by atoms with van der Waals surface area (Å²) in [6.45, 7) is 0.744. The molecule has 2 heterocycles. The molecular formula is C5H6FN3. The molecule has 0 fully saturated rings. The van der Waals surface area contributed by atoms with Gasteiger partial charge in [0, 0.05) is 13.0 Å². The quantitative estimate of drug-likeness (QED) is 0.504. The van der Waals surface area contributed by atoms with Crippen molar-refractivity contribution in [1.82, 2.24) is 14.8 Å². The van der Waals surface area contributed by atoms with Gasteiger partial charge < -0.3 is 0 Å². The Morgan fingerprint density at radius 2 is 2.33 bits per heavy atom. The fraction of sp³-hybridized carbons (Fsp3) is 0.600. The average Bonchev–Trinajstić information content (AvgIpc) is 2.35. The Morgan fingerprint density at radius 3 is 3.11 bits per heavy atom. The molecule has 0 saturated carbocycles. The maximum Gasteiger partial charge on any atom is 0.309 e. The van der Waals surface area contributed by atoms with E-state index in [0.29, 0.717) is 0 Å². The van der Waals surface area contributed by atoms with Crippen LogP contribution in [-0.2, 0) is 13.0 Å². The third kappa shape index (κ3) is 0.557. The van der Waals surface area contributed by atoms with Gasteiger partial charge >= 0.3 is 6.08 Å². The highest BCUT2D eigenvalue weighted by Crippen LogP contribution is 2.11. The Kier molecular flexibility index (Phi) is 0.831. The molecule has 0 N–H and O–H groups in total. The predicted octanol–water partition coefficient (Wildman–Crippen LogP) is 0.363. The van der Waals surface area contributed by atoms with Gasteiger partial charge in [-0.3, -0.25) is 4.57 Å². The molecule has 0 radical (unpaired) electrons. The van der Waals surface area contributed by atoms with E-state index in [4.69, 9.17) is 0 Å². The fourth-order valence-electron chi connectivity index (χ4n) is 1.11. The van der Waals surface area contributed by atoms with Crippen LogP contribution in [-0.4, -0.2) is 14.8 Å². The largest absolute Gasteiger partial charge is 0.309 e. The van der Waals surface area contributed by atoms with Gasteiger partial charge in [0.15, 0.2) is 0 Å². The van der Waals surface area contributed by atoms with Gasteiger partial charge in [-0.05, 0) is 6.42 Å². The van der Waals surface area contributed by atoms with Gasteiger partial charge in [-0.1, -0.05) is 5.10 Å². The molecule has 0 spiro atoms. The highest BCUT2D eigenvalue weighted by molar-refractivity contribution is 4.92. The van der Waals surface area contributed by atoms with Gasteiger partial charge in [-0.25, -0.2) is 0 Å². The first-order valence-corrected chi connectivity index (χ1v) is 2.95. The van der Waals surface area contributed by atoms with Crippen LogP contribution in [0.5, 0.6) is 0 Å². The first-order valence-electron chi connectivity index (χ1n) is 2.95. The summed E-state index contributed by atoms with van der Waals surface area (Å²) in [5.41, 5.74) is 0. The van der Waals surface area contributed by atoms with E-state index >= 15 is 0 Å². The van der Waals surface area contributed by atoms with Crippen LogP contribution in [0.25, 0.3) is 0 Å². The molecule has 1 aromatic rings. The predicted molar refractivity (Wildman–Crippen MR) is 28.3 cm³/mol. The Bertz CT molecular complexity index is 230. The number of fused-ring (bicyclic) bond motifs is 1. The molecule has 0 saturated heterocycles. The van der Waals surface area contributed by atoms with Crippen molar-refractivity contribution in [3.63, 3.8) is 0 Å². The van der Waals surface area contributed by atoms with Gasteiger partial charge in [0.1, 0.15) is 5.82 Å². The number of rotatable bonds is 0. The molecule has 0 aliphatic carbocycles. The van der Waals surface area contributed by atoms with E-state index in [-0.39, 0.29) is 0 Å². The number of hydrogen-bond acceptors (Lipinski definition) is 2. The summed E-state index contributed by atoms with van der Waals surface area (Å²) in [4.78, 5) is 0. The average molecular weight is 127 g/mol. The van der Waals surface area contributed by atoms with E-state index in [2.05, 4.69) is 10.2 Å². The molecule has 1 aliphatic rings. The zero-order valence-corrected chi connectivity index (χ0v) is 4.84. The molecule has 4 heteroatoms. The van der Waals surface area contributed by atoms with Crippen LogP contribution in [0.15, 0.2) is 0 Å². The van der Waals surface area contributed by atoms with Gasteiger partial charge in [0.2, 0.25) is 0 Å². The molecule has 0 amide bonds. The van der Waals surface area contributed by atoms with Gasteiger partial charge in [0.25, 0.3) is 0 Å². The minimum atomic E-state index is -0.442. The van der Waals surface area contributed by atoms with E-state index in [1.165, 1.54) is 4.57 Å². The van der Waals surface area contributed by atoms with Crippen molar-refractivity contribution in [2.45, 2.75) is 19.4 Å². The van der Waals surface area contributed by atoms with E-state index in [9.17, 15) is 4.39 Å². The second kappa shape index (κ2) is 1.52. The minimum absolute atomic E-state index is 0.442. The highest BCUT2D eigenvalue weighted by atomic mass is 19.1. The molecule has 0 aromatic carbocycles. The van der Waals surface area contributed by atoms with Crippen LogP contribution in [0.3, 0.4) is 0 Å². The van der Waals surface area contributed by atoms with Gasteiger partial charge in [-0.2, -0.15) is 4.39 Å². The van der Waals surface area contributed by atoms with Crippen LogP contribution in [0, 0.1) is 6.08 Å². The highest BCUT2D eigenvalue weighted by Gasteiger charge is 2.15. The molecule has 0 unspecified atom stereocenters. The zero-order chi connectivity index (χ0) is 6.27. The van der Waals surface area contributed by atoms with Crippen molar-refractivity contribution < 1.29 is 4.39 Å². The van der Waals surface area contributed by atoms with Gasteiger partial charge in [0.05, 0.1) is 0 Å². The van der Waals surface area contributed by atoms with E-state index in [1.807, 2.05) is 0 Å². The lowest BCUT2D eigenvalue weighted by Gasteiger charge is -1.89. The number of hydrogen-bond donors (Lipinski definition) is 0. The molecule has 3 nitrogen and oxygen atoms in total. The number of halogens is 1. The third-order valence-corrected chi connectivity index (χ3v) is 1.56. The zero-order valence-electron chi connectivity index (χ0n) is 4.84. The number of aryl methyl sites for hydroxylation is 1. The Morgan fingerprint density at radius 1 is 1.44 bits per heavy atom. The third-order valence-electron chi connectivity index (χ3n) is 1.56. The second-order valence-electron chi connectivity index (χ2n) is 2.14. The molecule has 2 rings (SSSR count). The molecule has 9 heavy (non-hydrogen) atoms. The van der Waals surface area contributed by atoms with Gasteiger partial charge in [-0.15, -0.1) is 5.10 Å². The second-order valence-corrected chi connectivity index (χ2v) is 2.14. The fourth-order valence-corrected chi connectivity index (χ4v) is 1.11. The lowest BCUT2D eigenvalue weighted by Crippen LogP contribution is -1.95. The summed E-state index contributed by atoms with van der Waals surface area (Å²) in [5.74, 6) is 0.785. The molecular weight excluding hydrogens is 121 g/mol. The van der Waals surface area contributed by atoms with Crippen molar-refractivity contribution in [1.29, 1.82) is 0 Å². The molecule has 1 aromatic heterocycles. The van der Waals surface area contributed by atoms with E-state index in [0.717, 1.165) is 25.2 Å². The van der Waals surface area contributed by atoms with Crippen LogP contribution in [0.2, 0.25) is 0 Å². The summed E-state index contributed by atoms with van der Waals surface area (Å²) in [6.07, 6.45) is 1.43. The van der Waals surface area contributed by atoms with Crippen molar-refractivity contribution in [2.75, 3.05) is 0 Å². The van der Waals surface area contributed by atoms with E-state index < -0.39 is 6.08 Å². The molecule has 1 aliphatic heterocycles. The summed E-state index contributed by atoms with van der Waals surface area (Å²) < 4.78 is 14.0. The smallest absolute Gasteiger partial charge is 0.287 e. The number of nitrogens with zero attached hydrogens (tertiary/aromatic N) is 3. The first kappa shape index (κ1) is 4.90. The Balaban J connectivity index is 2.56. The molecule has 48 valence electrons. The summed E-state index contributed by atoms with van der Waals surface area (Å²) in [7, 11) is 0. The minimum Gasteiger partial charge on any atom is -0.287 e.